The summed E-state index contributed by atoms with van der Waals surface area (Å²) in [4.78, 5) is 0. The van der Waals surface area contributed by atoms with Gasteiger partial charge in [-0.25, -0.2) is 0 Å². The van der Waals surface area contributed by atoms with E-state index in [4.69, 9.17) is 23.2 Å². The van der Waals surface area contributed by atoms with E-state index >= 15 is 0 Å². The monoisotopic (exact) mass is 354 g/mol. The van der Waals surface area contributed by atoms with E-state index in [1.165, 1.54) is 22.3 Å². The van der Waals surface area contributed by atoms with Crippen LogP contribution in [0.3, 0.4) is 0 Å². The molecule has 122 valence electrons. The van der Waals surface area contributed by atoms with Crippen molar-refractivity contribution in [2.45, 2.75) is 23.7 Å². The van der Waals surface area contributed by atoms with Crippen molar-refractivity contribution in [3.8, 4) is 0 Å². The molecule has 2 heteroatoms. The third-order valence-electron chi connectivity index (χ3n) is 5.85. The van der Waals surface area contributed by atoms with Crippen LogP contribution in [-0.2, 0) is 10.8 Å². The van der Waals surface area contributed by atoms with Gasteiger partial charge in [0.25, 0.3) is 0 Å². The standard InChI is InChI=1S/C22H20Cl2/c23-15-21(13-5-9-17-7-1-3-11-19(17)21)22(16-24)14-6-10-18-8-2-4-12-20(18)22/h1-12H,13-16H2. The van der Waals surface area contributed by atoms with Gasteiger partial charge in [-0.2, -0.15) is 0 Å². The van der Waals surface area contributed by atoms with E-state index < -0.39 is 0 Å². The Morgan fingerprint density at radius 1 is 0.667 bits per heavy atom. The van der Waals surface area contributed by atoms with Crippen molar-refractivity contribution in [2.24, 2.45) is 0 Å². The summed E-state index contributed by atoms with van der Waals surface area (Å²) in [6, 6.07) is 17.2. The molecule has 4 rings (SSSR count). The number of rotatable bonds is 3. The lowest BCUT2D eigenvalue weighted by Gasteiger charge is -2.52. The summed E-state index contributed by atoms with van der Waals surface area (Å²) in [5.41, 5.74) is 4.80. The second-order valence-electron chi connectivity index (χ2n) is 6.82. The highest BCUT2D eigenvalue weighted by Crippen LogP contribution is 2.55. The van der Waals surface area contributed by atoms with Crippen LogP contribution >= 0.6 is 23.2 Å². The van der Waals surface area contributed by atoms with Crippen molar-refractivity contribution in [1.82, 2.24) is 0 Å². The van der Waals surface area contributed by atoms with Gasteiger partial charge >= 0.3 is 0 Å². The number of halogens is 2. The van der Waals surface area contributed by atoms with Crippen LogP contribution in [0.15, 0.2) is 60.7 Å². The summed E-state index contributed by atoms with van der Waals surface area (Å²) in [6.07, 6.45) is 10.8. The van der Waals surface area contributed by atoms with Crippen molar-refractivity contribution in [3.05, 3.63) is 82.9 Å². The first-order chi connectivity index (χ1) is 11.8. The second kappa shape index (κ2) is 6.10. The Bertz CT molecular complexity index is 751. The lowest BCUT2D eigenvalue weighted by Crippen LogP contribution is -2.53. The fourth-order valence-corrected chi connectivity index (χ4v) is 5.58. The van der Waals surface area contributed by atoms with E-state index in [1.807, 2.05) is 0 Å². The molecule has 0 nitrogen and oxygen atoms in total. The maximum Gasteiger partial charge on any atom is 0.0332 e. The van der Waals surface area contributed by atoms with Crippen LogP contribution in [-0.4, -0.2) is 11.8 Å². The van der Waals surface area contributed by atoms with Crippen molar-refractivity contribution >= 4 is 35.4 Å². The van der Waals surface area contributed by atoms with E-state index in [1.54, 1.807) is 0 Å². The minimum Gasteiger partial charge on any atom is -0.126 e. The zero-order chi connectivity index (χ0) is 16.6. The van der Waals surface area contributed by atoms with Gasteiger partial charge in [-0.05, 0) is 35.1 Å². The highest BCUT2D eigenvalue weighted by molar-refractivity contribution is 6.20. The quantitative estimate of drug-likeness (QED) is 0.577. The van der Waals surface area contributed by atoms with Gasteiger partial charge in [0, 0.05) is 22.6 Å². The van der Waals surface area contributed by atoms with Crippen LogP contribution in [0.25, 0.3) is 12.2 Å². The lowest BCUT2D eigenvalue weighted by molar-refractivity contribution is 0.259. The molecule has 0 radical (unpaired) electrons. The molecule has 2 aromatic rings. The normalized spacial score (nSPS) is 27.6. The molecule has 0 bridgehead atoms. The summed E-state index contributed by atoms with van der Waals surface area (Å²) >= 11 is 13.4. The van der Waals surface area contributed by atoms with E-state index in [2.05, 4.69) is 72.8 Å². The van der Waals surface area contributed by atoms with Crippen LogP contribution in [0.4, 0.5) is 0 Å². The van der Waals surface area contributed by atoms with Crippen LogP contribution in [0.1, 0.15) is 35.1 Å². The maximum atomic E-state index is 6.72. The van der Waals surface area contributed by atoms with Crippen molar-refractivity contribution < 1.29 is 0 Å². The van der Waals surface area contributed by atoms with Gasteiger partial charge in [-0.3, -0.25) is 0 Å². The highest BCUT2D eigenvalue weighted by Gasteiger charge is 2.53. The third kappa shape index (κ3) is 2.06. The minimum absolute atomic E-state index is 0.192. The number of benzene rings is 2. The molecule has 2 aliphatic rings. The molecule has 0 saturated carbocycles. The van der Waals surface area contributed by atoms with Crippen LogP contribution in [0.5, 0.6) is 0 Å². The van der Waals surface area contributed by atoms with Gasteiger partial charge in [0.2, 0.25) is 0 Å². The molecule has 2 atom stereocenters. The Labute approximate surface area is 153 Å². The molecule has 0 saturated heterocycles. The number of hydrogen-bond acceptors (Lipinski definition) is 0. The summed E-state index contributed by atoms with van der Waals surface area (Å²) in [5, 5.41) is 0. The Kier molecular flexibility index (Phi) is 4.06. The first-order valence-corrected chi connectivity index (χ1v) is 9.48. The fraction of sp³-hybridized carbons (Fsp3) is 0.273. The molecular weight excluding hydrogens is 335 g/mol. The van der Waals surface area contributed by atoms with E-state index in [0.29, 0.717) is 11.8 Å². The molecule has 2 aromatic carbocycles. The molecule has 0 N–H and O–H groups in total. The van der Waals surface area contributed by atoms with Gasteiger partial charge in [0.05, 0.1) is 0 Å². The van der Waals surface area contributed by atoms with E-state index in [9.17, 15) is 0 Å². The number of fused-ring (bicyclic) bond motifs is 2. The Morgan fingerprint density at radius 3 is 1.50 bits per heavy atom. The summed E-state index contributed by atoms with van der Waals surface area (Å²) < 4.78 is 0. The summed E-state index contributed by atoms with van der Waals surface area (Å²) in [5.74, 6) is 1.12. The third-order valence-corrected chi connectivity index (χ3v) is 6.76. The number of alkyl halides is 2. The Morgan fingerprint density at radius 2 is 1.08 bits per heavy atom. The van der Waals surface area contributed by atoms with Gasteiger partial charge in [0.15, 0.2) is 0 Å². The molecule has 24 heavy (non-hydrogen) atoms. The largest absolute Gasteiger partial charge is 0.126 e. The predicted molar refractivity (Wildman–Crippen MR) is 105 cm³/mol. The zero-order valence-corrected chi connectivity index (χ0v) is 15.0. The first kappa shape index (κ1) is 16.0. The molecular formula is C22H20Cl2. The minimum atomic E-state index is -0.192. The number of allylic oxidation sites excluding steroid dienone is 2. The van der Waals surface area contributed by atoms with Gasteiger partial charge in [-0.1, -0.05) is 72.8 Å². The molecule has 0 aliphatic heterocycles. The molecule has 2 unspecified atom stereocenters. The average molecular weight is 355 g/mol. The van der Waals surface area contributed by atoms with Crippen molar-refractivity contribution in [1.29, 1.82) is 0 Å². The molecule has 0 spiro atoms. The average Bonchev–Trinajstić information content (AvgIpc) is 2.67. The maximum absolute atomic E-state index is 6.72. The van der Waals surface area contributed by atoms with Crippen LogP contribution in [0.2, 0.25) is 0 Å². The molecule has 2 aliphatic carbocycles. The summed E-state index contributed by atoms with van der Waals surface area (Å²) in [6.45, 7) is 0. The van der Waals surface area contributed by atoms with Crippen LogP contribution in [0, 0.1) is 0 Å². The first-order valence-electron chi connectivity index (χ1n) is 8.41. The van der Waals surface area contributed by atoms with Crippen LogP contribution < -0.4 is 0 Å². The van der Waals surface area contributed by atoms with E-state index in [0.717, 1.165) is 12.8 Å². The van der Waals surface area contributed by atoms with Gasteiger partial charge in [0.1, 0.15) is 0 Å². The Balaban J connectivity index is 2.01. The molecule has 0 aromatic heterocycles. The highest BCUT2D eigenvalue weighted by atomic mass is 35.5. The topological polar surface area (TPSA) is 0 Å². The van der Waals surface area contributed by atoms with Gasteiger partial charge in [-0.15, -0.1) is 23.2 Å². The fourth-order valence-electron chi connectivity index (χ4n) is 4.57. The lowest BCUT2D eigenvalue weighted by atomic mass is 9.52. The smallest absolute Gasteiger partial charge is 0.0332 e. The second-order valence-corrected chi connectivity index (χ2v) is 7.35. The molecule has 0 heterocycles. The summed E-state index contributed by atoms with van der Waals surface area (Å²) in [7, 11) is 0. The SMILES string of the molecule is ClCC1(C2(CCl)CC=Cc3ccccc32)CC=Cc2ccccc21. The predicted octanol–water partition coefficient (Wildman–Crippen LogP) is 6.17. The number of hydrogen-bond donors (Lipinski definition) is 0. The molecule has 0 amide bonds. The van der Waals surface area contributed by atoms with Crippen molar-refractivity contribution in [3.63, 3.8) is 0 Å². The Hall–Kier alpha value is -1.50. The van der Waals surface area contributed by atoms with Crippen molar-refractivity contribution in [2.75, 3.05) is 11.8 Å². The van der Waals surface area contributed by atoms with E-state index in [-0.39, 0.29) is 10.8 Å². The zero-order valence-electron chi connectivity index (χ0n) is 13.5. The molecule has 0 fully saturated rings. The van der Waals surface area contributed by atoms with Gasteiger partial charge < -0.3 is 0 Å².